The summed E-state index contributed by atoms with van der Waals surface area (Å²) in [5.74, 6) is 1.99. The van der Waals surface area contributed by atoms with Crippen LogP contribution >= 0.6 is 35.0 Å². The normalized spacial score (nSPS) is 14.9. The fraction of sp³-hybridized carbons (Fsp3) is 0.357. The highest BCUT2D eigenvalue weighted by Crippen LogP contribution is 2.28. The third-order valence-corrected chi connectivity index (χ3v) is 7.74. The maximum Gasteiger partial charge on any atom is 0.322 e. The summed E-state index contributed by atoms with van der Waals surface area (Å²) in [6, 6.07) is 14.2. The van der Waals surface area contributed by atoms with E-state index >= 15 is 0 Å². The Bertz CT molecular complexity index is 1380. The first-order chi connectivity index (χ1) is 19.7. The molecule has 1 aromatic heterocycles. The van der Waals surface area contributed by atoms with Crippen molar-refractivity contribution in [3.05, 3.63) is 64.3 Å². The minimum atomic E-state index is -0.187. The number of rotatable bonds is 10. The van der Waals surface area contributed by atoms with Crippen molar-refractivity contribution in [3.63, 3.8) is 0 Å². The van der Waals surface area contributed by atoms with Crippen molar-refractivity contribution < 1.29 is 19.1 Å². The van der Waals surface area contributed by atoms with Crippen LogP contribution < -0.4 is 25.0 Å². The summed E-state index contributed by atoms with van der Waals surface area (Å²) in [5.41, 5.74) is 1.67. The summed E-state index contributed by atoms with van der Waals surface area (Å²) >= 11 is 13.6. The fourth-order valence-corrected chi connectivity index (χ4v) is 5.51. The van der Waals surface area contributed by atoms with Crippen LogP contribution in [0.15, 0.2) is 53.7 Å². The molecule has 0 saturated carbocycles. The number of hydrogen-bond donors (Lipinski definition) is 2. The zero-order chi connectivity index (χ0) is 29.4. The molecule has 1 atom stereocenters. The number of amides is 3. The van der Waals surface area contributed by atoms with E-state index < -0.39 is 0 Å². The quantitative estimate of drug-likeness (QED) is 0.186. The third kappa shape index (κ3) is 8.54. The summed E-state index contributed by atoms with van der Waals surface area (Å²) in [7, 11) is 3.18. The van der Waals surface area contributed by atoms with Crippen LogP contribution in [0.3, 0.4) is 0 Å². The van der Waals surface area contributed by atoms with Gasteiger partial charge in [0.25, 0.3) is 0 Å². The molecule has 10 nitrogen and oxygen atoms in total. The lowest BCUT2D eigenvalue weighted by molar-refractivity contribution is -0.118. The van der Waals surface area contributed by atoms with Crippen LogP contribution in [0, 0.1) is 0 Å². The van der Waals surface area contributed by atoms with Gasteiger partial charge >= 0.3 is 6.03 Å². The molecule has 2 aromatic carbocycles. The number of hydrogen-bond acceptors (Lipinski definition) is 8. The first-order valence-corrected chi connectivity index (χ1v) is 14.7. The lowest BCUT2D eigenvalue weighted by atomic mass is 10.1. The summed E-state index contributed by atoms with van der Waals surface area (Å²) < 4.78 is 10.6. The monoisotopic (exact) mass is 618 g/mol. The molecule has 3 aromatic rings. The number of ether oxygens (including phenoxy) is 2. The van der Waals surface area contributed by atoms with E-state index in [0.29, 0.717) is 70.9 Å². The summed E-state index contributed by atoms with van der Waals surface area (Å²) in [6.07, 6.45) is 0.649. The number of benzene rings is 2. The molecule has 0 aliphatic carbocycles. The topological polar surface area (TPSA) is 109 Å². The van der Waals surface area contributed by atoms with Crippen LogP contribution in [0.5, 0.6) is 11.5 Å². The number of piperazine rings is 1. The van der Waals surface area contributed by atoms with E-state index in [1.165, 1.54) is 11.8 Å². The number of thioether (sulfide) groups is 1. The van der Waals surface area contributed by atoms with E-state index in [-0.39, 0.29) is 23.7 Å². The van der Waals surface area contributed by atoms with Gasteiger partial charge in [-0.2, -0.15) is 0 Å². The molecule has 1 unspecified atom stereocenters. The lowest BCUT2D eigenvalue weighted by Crippen LogP contribution is -2.55. The minimum absolute atomic E-state index is 0.0794. The molecule has 4 rings (SSSR count). The Labute approximate surface area is 253 Å². The van der Waals surface area contributed by atoms with Crippen LogP contribution in [-0.4, -0.2) is 79.0 Å². The van der Waals surface area contributed by atoms with Gasteiger partial charge in [0.1, 0.15) is 11.0 Å². The molecule has 3 amide bonds. The molecule has 0 spiro atoms. The molecule has 0 bridgehead atoms. The third-order valence-electron chi connectivity index (χ3n) is 6.47. The minimum Gasteiger partial charge on any atom is -0.493 e. The molecule has 1 aliphatic heterocycles. The molecule has 218 valence electrons. The molecule has 1 aliphatic rings. The molecular weight excluding hydrogens is 587 g/mol. The van der Waals surface area contributed by atoms with Crippen molar-refractivity contribution in [1.82, 2.24) is 20.2 Å². The van der Waals surface area contributed by atoms with Gasteiger partial charge in [-0.15, -0.1) is 0 Å². The number of halogens is 2. The lowest BCUT2D eigenvalue weighted by Gasteiger charge is -2.40. The Kier molecular flexibility index (Phi) is 10.8. The Hall–Kier alpha value is -3.41. The Morgan fingerprint density at radius 2 is 1.85 bits per heavy atom. The second-order valence-electron chi connectivity index (χ2n) is 9.34. The fourth-order valence-electron chi connectivity index (χ4n) is 4.40. The maximum absolute atomic E-state index is 12.9. The van der Waals surface area contributed by atoms with Gasteiger partial charge in [-0.05, 0) is 49.2 Å². The average Bonchev–Trinajstić information content (AvgIpc) is 2.95. The number of methoxy groups -OCH3 is 2. The van der Waals surface area contributed by atoms with Gasteiger partial charge < -0.3 is 29.9 Å². The van der Waals surface area contributed by atoms with Crippen molar-refractivity contribution in [2.24, 2.45) is 0 Å². The molecule has 13 heteroatoms. The van der Waals surface area contributed by atoms with Gasteiger partial charge in [0.15, 0.2) is 16.7 Å². The van der Waals surface area contributed by atoms with Crippen LogP contribution in [-0.2, 0) is 11.2 Å². The molecule has 0 radical (unpaired) electrons. The van der Waals surface area contributed by atoms with Gasteiger partial charge in [-0.25, -0.2) is 14.8 Å². The van der Waals surface area contributed by atoms with E-state index in [4.69, 9.17) is 32.7 Å². The molecule has 1 saturated heterocycles. The highest BCUT2D eigenvalue weighted by molar-refractivity contribution is 7.99. The van der Waals surface area contributed by atoms with Crippen LogP contribution in [0.1, 0.15) is 12.5 Å². The van der Waals surface area contributed by atoms with Crippen molar-refractivity contribution in [2.75, 3.05) is 56.4 Å². The largest absolute Gasteiger partial charge is 0.493 e. The zero-order valence-electron chi connectivity index (χ0n) is 23.0. The number of nitrogens with one attached hydrogen (secondary N) is 2. The molecule has 1 fully saturated rings. The van der Waals surface area contributed by atoms with E-state index in [2.05, 4.69) is 25.5 Å². The predicted octanol–water partition coefficient (Wildman–Crippen LogP) is 4.99. The second kappa shape index (κ2) is 14.5. The number of nitrogens with zero attached hydrogens (tertiary/aromatic N) is 4. The number of carbonyl (C=O) groups excluding carboxylic acids is 2. The van der Waals surface area contributed by atoms with Crippen LogP contribution in [0.2, 0.25) is 10.2 Å². The summed E-state index contributed by atoms with van der Waals surface area (Å²) in [6.45, 7) is 4.09. The van der Waals surface area contributed by atoms with Crippen molar-refractivity contribution in [2.45, 2.75) is 24.5 Å². The number of carbonyl (C=O) groups is 2. The van der Waals surface area contributed by atoms with Gasteiger partial charge in [-0.3, -0.25) is 4.79 Å². The van der Waals surface area contributed by atoms with Crippen molar-refractivity contribution in [1.29, 1.82) is 0 Å². The highest BCUT2D eigenvalue weighted by atomic mass is 35.5. The first kappa shape index (κ1) is 30.5. The molecule has 2 heterocycles. The smallest absolute Gasteiger partial charge is 0.322 e. The Morgan fingerprint density at radius 3 is 2.59 bits per heavy atom. The van der Waals surface area contributed by atoms with Crippen LogP contribution in [0.25, 0.3) is 0 Å². The number of anilines is 2. The van der Waals surface area contributed by atoms with Crippen molar-refractivity contribution >= 4 is 58.4 Å². The van der Waals surface area contributed by atoms with Gasteiger partial charge in [-0.1, -0.05) is 47.1 Å². The van der Waals surface area contributed by atoms with E-state index in [1.54, 1.807) is 49.5 Å². The van der Waals surface area contributed by atoms with E-state index in [0.717, 1.165) is 5.56 Å². The number of aromatic nitrogens is 2. The second-order valence-corrected chi connectivity index (χ2v) is 11.1. The van der Waals surface area contributed by atoms with Gasteiger partial charge in [0.2, 0.25) is 5.91 Å². The number of urea groups is 1. The predicted molar refractivity (Wildman–Crippen MR) is 163 cm³/mol. The maximum atomic E-state index is 12.9. The molecule has 41 heavy (non-hydrogen) atoms. The standard InChI is InChI=1S/C28H32Cl2N6O4S/c1-18-16-35(11-12-36(18)28(38)32-21-6-4-5-20(29)14-21)25-15-24(30)33-27(34-25)41-17-26(37)31-10-9-19-7-8-22(39-2)23(13-19)40-3/h4-8,13-15,18H,9-12,16-17H2,1-3H3,(H,31,37)(H,32,38). The van der Waals surface area contributed by atoms with Crippen molar-refractivity contribution in [3.8, 4) is 11.5 Å². The van der Waals surface area contributed by atoms with Crippen LogP contribution in [0.4, 0.5) is 16.3 Å². The SMILES string of the molecule is COc1ccc(CCNC(=O)CSc2nc(Cl)cc(N3CCN(C(=O)Nc4cccc(Cl)c4)C(C)C3)n2)cc1OC. The zero-order valence-corrected chi connectivity index (χ0v) is 25.4. The molecular formula is C28H32Cl2N6O4S. The van der Waals surface area contributed by atoms with Gasteiger partial charge in [0.05, 0.1) is 20.0 Å². The summed E-state index contributed by atoms with van der Waals surface area (Å²) in [5, 5.41) is 7.08. The highest BCUT2D eigenvalue weighted by Gasteiger charge is 2.28. The van der Waals surface area contributed by atoms with Gasteiger partial charge in [0, 0.05) is 49.0 Å². The first-order valence-electron chi connectivity index (χ1n) is 13.0. The summed E-state index contributed by atoms with van der Waals surface area (Å²) in [4.78, 5) is 38.1. The average molecular weight is 620 g/mol. The Morgan fingerprint density at radius 1 is 1.05 bits per heavy atom. The van der Waals surface area contributed by atoms with E-state index in [1.807, 2.05) is 25.1 Å². The molecule has 2 N–H and O–H groups in total. The Balaban J connectivity index is 1.27. The van der Waals surface area contributed by atoms with E-state index in [9.17, 15) is 9.59 Å².